The number of hydrogen-bond acceptors (Lipinski definition) is 2. The highest BCUT2D eigenvalue weighted by Gasteiger charge is 2.29. The molecule has 0 heterocycles. The Morgan fingerprint density at radius 3 is 2.28 bits per heavy atom. The first-order valence-electron chi connectivity index (χ1n) is 8.41. The lowest BCUT2D eigenvalue weighted by molar-refractivity contribution is -0.117. The minimum atomic E-state index is -0.170. The Labute approximate surface area is 145 Å². The number of fused-ring (bicyclic) bond motifs is 1. The summed E-state index contributed by atoms with van der Waals surface area (Å²) in [6.45, 7) is 0. The molecule has 1 fully saturated rings. The molecule has 0 bridgehead atoms. The Morgan fingerprint density at radius 1 is 0.800 bits per heavy atom. The van der Waals surface area contributed by atoms with Crippen molar-refractivity contribution in [2.75, 3.05) is 10.6 Å². The molecule has 4 nitrogen and oxygen atoms in total. The molecule has 4 rings (SSSR count). The second-order valence-corrected chi connectivity index (χ2v) is 6.32. The van der Waals surface area contributed by atoms with Gasteiger partial charge in [0.05, 0.1) is 0 Å². The highest BCUT2D eigenvalue weighted by Crippen LogP contribution is 2.30. The quantitative estimate of drug-likeness (QED) is 0.743. The standard InChI is InChI=1S/C21H18N2O2/c24-20(15-8-9-15)22-17-12-10-16(11-13-17)21(25)23-19-7-3-5-14-4-1-2-6-18(14)19/h1-7,10-13,15H,8-9H2,(H,22,24)(H,23,25). The lowest BCUT2D eigenvalue weighted by Crippen LogP contribution is -2.14. The molecule has 1 aliphatic rings. The van der Waals surface area contributed by atoms with Gasteiger partial charge in [0.25, 0.3) is 5.91 Å². The zero-order valence-electron chi connectivity index (χ0n) is 13.7. The van der Waals surface area contributed by atoms with Crippen LogP contribution in [-0.2, 0) is 4.79 Å². The monoisotopic (exact) mass is 330 g/mol. The summed E-state index contributed by atoms with van der Waals surface area (Å²) in [6.07, 6.45) is 1.94. The Hall–Kier alpha value is -3.14. The first kappa shape index (κ1) is 15.4. The number of hydrogen-bond donors (Lipinski definition) is 2. The third-order valence-corrected chi connectivity index (χ3v) is 4.40. The molecule has 0 radical (unpaired) electrons. The van der Waals surface area contributed by atoms with Crippen LogP contribution in [0.15, 0.2) is 66.7 Å². The molecule has 2 amide bonds. The van der Waals surface area contributed by atoms with Gasteiger partial charge in [-0.1, -0.05) is 36.4 Å². The molecule has 0 aromatic heterocycles. The van der Waals surface area contributed by atoms with Crippen molar-refractivity contribution < 1.29 is 9.59 Å². The molecule has 0 spiro atoms. The number of nitrogens with one attached hydrogen (secondary N) is 2. The fourth-order valence-corrected chi connectivity index (χ4v) is 2.82. The predicted octanol–water partition coefficient (Wildman–Crippen LogP) is 4.44. The normalized spacial score (nSPS) is 13.4. The SMILES string of the molecule is O=C(Nc1cccc2ccccc12)c1ccc(NC(=O)C2CC2)cc1. The van der Waals surface area contributed by atoms with Gasteiger partial charge in [0.15, 0.2) is 0 Å². The summed E-state index contributed by atoms with van der Waals surface area (Å²) in [5.41, 5.74) is 2.06. The summed E-state index contributed by atoms with van der Waals surface area (Å²) in [5, 5.41) is 7.92. The van der Waals surface area contributed by atoms with Crippen LogP contribution < -0.4 is 10.6 Å². The number of carbonyl (C=O) groups excluding carboxylic acids is 2. The fourth-order valence-electron chi connectivity index (χ4n) is 2.82. The molecule has 4 heteroatoms. The third-order valence-electron chi connectivity index (χ3n) is 4.40. The summed E-state index contributed by atoms with van der Waals surface area (Å²) in [6, 6.07) is 20.7. The zero-order valence-corrected chi connectivity index (χ0v) is 13.7. The molecule has 1 saturated carbocycles. The van der Waals surface area contributed by atoms with Crippen molar-refractivity contribution in [2.24, 2.45) is 5.92 Å². The van der Waals surface area contributed by atoms with E-state index < -0.39 is 0 Å². The van der Waals surface area contributed by atoms with Crippen molar-refractivity contribution in [1.82, 2.24) is 0 Å². The largest absolute Gasteiger partial charge is 0.326 e. The number of amides is 2. The molecule has 1 aliphatic carbocycles. The Balaban J connectivity index is 1.49. The molecule has 124 valence electrons. The van der Waals surface area contributed by atoms with E-state index in [0.717, 1.165) is 35.0 Å². The van der Waals surface area contributed by atoms with E-state index in [9.17, 15) is 9.59 Å². The second kappa shape index (κ2) is 6.40. The number of benzene rings is 3. The molecular formula is C21H18N2O2. The van der Waals surface area contributed by atoms with E-state index in [1.807, 2.05) is 42.5 Å². The molecule has 25 heavy (non-hydrogen) atoms. The van der Waals surface area contributed by atoms with Crippen molar-refractivity contribution in [3.05, 3.63) is 72.3 Å². The smallest absolute Gasteiger partial charge is 0.255 e. The minimum absolute atomic E-state index is 0.0629. The third kappa shape index (κ3) is 3.38. The van der Waals surface area contributed by atoms with Gasteiger partial charge in [-0.3, -0.25) is 9.59 Å². The van der Waals surface area contributed by atoms with Crippen LogP contribution in [0.3, 0.4) is 0 Å². The highest BCUT2D eigenvalue weighted by molar-refractivity contribution is 6.09. The molecular weight excluding hydrogens is 312 g/mol. The van der Waals surface area contributed by atoms with Gasteiger partial charge in [0.1, 0.15) is 0 Å². The molecule has 0 aliphatic heterocycles. The van der Waals surface area contributed by atoms with Crippen LogP contribution in [-0.4, -0.2) is 11.8 Å². The maximum Gasteiger partial charge on any atom is 0.255 e. The van der Waals surface area contributed by atoms with Crippen LogP contribution >= 0.6 is 0 Å². The van der Waals surface area contributed by atoms with Gasteiger partial charge in [0, 0.05) is 28.2 Å². The first-order chi connectivity index (χ1) is 12.2. The van der Waals surface area contributed by atoms with Crippen molar-refractivity contribution >= 4 is 34.0 Å². The maximum absolute atomic E-state index is 12.5. The van der Waals surface area contributed by atoms with Gasteiger partial charge in [-0.2, -0.15) is 0 Å². The van der Waals surface area contributed by atoms with Crippen LogP contribution in [0, 0.1) is 5.92 Å². The lowest BCUT2D eigenvalue weighted by atomic mass is 10.1. The summed E-state index contributed by atoms with van der Waals surface area (Å²) < 4.78 is 0. The molecule has 2 N–H and O–H groups in total. The van der Waals surface area contributed by atoms with Gasteiger partial charge < -0.3 is 10.6 Å². The zero-order chi connectivity index (χ0) is 17.2. The van der Waals surface area contributed by atoms with Gasteiger partial charge in [-0.15, -0.1) is 0 Å². The molecule has 3 aromatic carbocycles. The van der Waals surface area contributed by atoms with Gasteiger partial charge in [-0.05, 0) is 48.6 Å². The Bertz CT molecular complexity index is 938. The highest BCUT2D eigenvalue weighted by atomic mass is 16.2. The van der Waals surface area contributed by atoms with Crippen LogP contribution in [0.25, 0.3) is 10.8 Å². The number of anilines is 2. The topological polar surface area (TPSA) is 58.2 Å². The van der Waals surface area contributed by atoms with Crippen LogP contribution in [0.1, 0.15) is 23.2 Å². The molecule has 0 saturated heterocycles. The predicted molar refractivity (Wildman–Crippen MR) is 99.7 cm³/mol. The van der Waals surface area contributed by atoms with Crippen LogP contribution in [0.5, 0.6) is 0 Å². The molecule has 0 unspecified atom stereocenters. The van der Waals surface area contributed by atoms with E-state index in [1.165, 1.54) is 0 Å². The fraction of sp³-hybridized carbons (Fsp3) is 0.143. The number of rotatable bonds is 4. The van der Waals surface area contributed by atoms with E-state index in [1.54, 1.807) is 24.3 Å². The van der Waals surface area contributed by atoms with Crippen LogP contribution in [0.2, 0.25) is 0 Å². The van der Waals surface area contributed by atoms with E-state index in [4.69, 9.17) is 0 Å². The molecule has 0 atom stereocenters. The summed E-state index contributed by atoms with van der Waals surface area (Å²) >= 11 is 0. The second-order valence-electron chi connectivity index (χ2n) is 6.32. The summed E-state index contributed by atoms with van der Waals surface area (Å²) in [5.74, 6) is 0.0544. The van der Waals surface area contributed by atoms with Crippen LogP contribution in [0.4, 0.5) is 11.4 Å². The Kier molecular flexibility index (Phi) is 3.94. The Morgan fingerprint density at radius 2 is 1.52 bits per heavy atom. The van der Waals surface area contributed by atoms with Crippen molar-refractivity contribution in [2.45, 2.75) is 12.8 Å². The van der Waals surface area contributed by atoms with Crippen molar-refractivity contribution in [3.63, 3.8) is 0 Å². The van der Waals surface area contributed by atoms with E-state index >= 15 is 0 Å². The van der Waals surface area contributed by atoms with E-state index in [2.05, 4.69) is 10.6 Å². The average molecular weight is 330 g/mol. The minimum Gasteiger partial charge on any atom is -0.326 e. The van der Waals surface area contributed by atoms with Gasteiger partial charge in [0.2, 0.25) is 5.91 Å². The summed E-state index contributed by atoms with van der Waals surface area (Å²) in [4.78, 5) is 24.3. The number of carbonyl (C=O) groups is 2. The average Bonchev–Trinajstić information content (AvgIpc) is 3.48. The summed E-state index contributed by atoms with van der Waals surface area (Å²) in [7, 11) is 0. The maximum atomic E-state index is 12.5. The van der Waals surface area contributed by atoms with Gasteiger partial charge >= 0.3 is 0 Å². The van der Waals surface area contributed by atoms with E-state index in [-0.39, 0.29) is 17.7 Å². The first-order valence-corrected chi connectivity index (χ1v) is 8.41. The van der Waals surface area contributed by atoms with Crippen molar-refractivity contribution in [1.29, 1.82) is 0 Å². The molecule has 3 aromatic rings. The van der Waals surface area contributed by atoms with Crippen molar-refractivity contribution in [3.8, 4) is 0 Å². The van der Waals surface area contributed by atoms with Gasteiger partial charge in [-0.25, -0.2) is 0 Å². The van der Waals surface area contributed by atoms with E-state index in [0.29, 0.717) is 5.56 Å². The lowest BCUT2D eigenvalue weighted by Gasteiger charge is -2.09.